The molecular formula is C17H22N6O2. The normalized spacial score (nSPS) is 15.0. The van der Waals surface area contributed by atoms with Crippen molar-refractivity contribution in [3.63, 3.8) is 0 Å². The molecule has 2 aromatic rings. The van der Waals surface area contributed by atoms with E-state index in [4.69, 9.17) is 0 Å². The molecule has 3 rings (SSSR count). The van der Waals surface area contributed by atoms with E-state index in [9.17, 15) is 9.59 Å². The Hall–Kier alpha value is -2.74. The van der Waals surface area contributed by atoms with E-state index >= 15 is 0 Å². The molecule has 0 radical (unpaired) electrons. The van der Waals surface area contributed by atoms with Gasteiger partial charge in [0.05, 0.1) is 23.5 Å². The van der Waals surface area contributed by atoms with Crippen LogP contribution < -0.4 is 16.0 Å². The van der Waals surface area contributed by atoms with Gasteiger partial charge in [-0.1, -0.05) is 16.8 Å². The van der Waals surface area contributed by atoms with E-state index in [-0.39, 0.29) is 23.6 Å². The fourth-order valence-corrected chi connectivity index (χ4v) is 2.91. The van der Waals surface area contributed by atoms with Crippen LogP contribution in [0.15, 0.2) is 24.4 Å². The van der Waals surface area contributed by atoms with Gasteiger partial charge in [-0.25, -0.2) is 4.68 Å². The van der Waals surface area contributed by atoms with Crippen LogP contribution in [0.25, 0.3) is 0 Å². The molecule has 3 N–H and O–H groups in total. The molecule has 1 aliphatic heterocycles. The van der Waals surface area contributed by atoms with Gasteiger partial charge in [0.1, 0.15) is 0 Å². The van der Waals surface area contributed by atoms with Crippen molar-refractivity contribution < 1.29 is 9.59 Å². The van der Waals surface area contributed by atoms with Crippen molar-refractivity contribution in [1.82, 2.24) is 25.6 Å². The minimum Gasteiger partial charge on any atom is -0.355 e. The molecule has 0 bridgehead atoms. The third-order valence-electron chi connectivity index (χ3n) is 4.32. The maximum absolute atomic E-state index is 12.5. The fraction of sp³-hybridized carbons (Fsp3) is 0.412. The van der Waals surface area contributed by atoms with Crippen LogP contribution in [-0.4, -0.2) is 46.9 Å². The Morgan fingerprint density at radius 3 is 2.72 bits per heavy atom. The number of amides is 2. The Labute approximate surface area is 146 Å². The average Bonchev–Trinajstić information content (AvgIpc) is 3.13. The Morgan fingerprint density at radius 2 is 2.00 bits per heavy atom. The lowest BCUT2D eigenvalue weighted by Gasteiger charge is -2.22. The summed E-state index contributed by atoms with van der Waals surface area (Å²) in [5.74, 6) is -0.633. The smallest absolute Gasteiger partial charge is 0.277 e. The first-order chi connectivity index (χ1) is 12.1. The van der Waals surface area contributed by atoms with Crippen molar-refractivity contribution in [2.75, 3.05) is 25.5 Å². The van der Waals surface area contributed by atoms with Gasteiger partial charge in [-0.05, 0) is 45.0 Å². The summed E-state index contributed by atoms with van der Waals surface area (Å²) in [6, 6.07) is 5.56. The predicted molar refractivity (Wildman–Crippen MR) is 93.7 cm³/mol. The molecule has 0 saturated carbocycles. The van der Waals surface area contributed by atoms with Crippen molar-refractivity contribution in [3.05, 3.63) is 41.2 Å². The number of hydrogen-bond acceptors (Lipinski definition) is 5. The van der Waals surface area contributed by atoms with Crippen molar-refractivity contribution in [2.45, 2.75) is 25.8 Å². The summed E-state index contributed by atoms with van der Waals surface area (Å²) >= 11 is 0. The van der Waals surface area contributed by atoms with Gasteiger partial charge in [-0.15, -0.1) is 5.10 Å². The molecule has 0 unspecified atom stereocenters. The molecule has 8 heteroatoms. The van der Waals surface area contributed by atoms with E-state index in [1.165, 1.54) is 0 Å². The monoisotopic (exact) mass is 342 g/mol. The molecule has 1 aromatic carbocycles. The van der Waals surface area contributed by atoms with Crippen LogP contribution in [-0.2, 0) is 0 Å². The van der Waals surface area contributed by atoms with E-state index < -0.39 is 0 Å². The zero-order valence-corrected chi connectivity index (χ0v) is 14.4. The Bertz CT molecular complexity index is 779. The quantitative estimate of drug-likeness (QED) is 0.773. The topological polar surface area (TPSA) is 101 Å². The minimum absolute atomic E-state index is 0.238. The number of piperidine rings is 1. The second kappa shape index (κ2) is 7.43. The number of nitrogens with one attached hydrogen (secondary N) is 3. The van der Waals surface area contributed by atoms with Crippen LogP contribution >= 0.6 is 0 Å². The highest BCUT2D eigenvalue weighted by molar-refractivity contribution is 6.08. The number of hydrogen-bond donors (Lipinski definition) is 3. The van der Waals surface area contributed by atoms with E-state index in [0.717, 1.165) is 31.5 Å². The Morgan fingerprint density at radius 1 is 1.24 bits per heavy atom. The maximum atomic E-state index is 12.5. The lowest BCUT2D eigenvalue weighted by Crippen LogP contribution is -2.29. The number of benzene rings is 1. The molecule has 1 saturated heterocycles. The van der Waals surface area contributed by atoms with Crippen molar-refractivity contribution in [2.24, 2.45) is 0 Å². The number of aromatic nitrogens is 3. The summed E-state index contributed by atoms with van der Waals surface area (Å²) in [6.07, 6.45) is 3.59. The van der Waals surface area contributed by atoms with Gasteiger partial charge in [0.25, 0.3) is 11.8 Å². The number of nitrogens with zero attached hydrogens (tertiary/aromatic N) is 3. The Kier molecular flexibility index (Phi) is 5.08. The molecule has 2 heterocycles. The minimum atomic E-state index is -0.380. The van der Waals surface area contributed by atoms with Gasteiger partial charge in [-0.2, -0.15) is 0 Å². The highest BCUT2D eigenvalue weighted by Gasteiger charge is 2.20. The van der Waals surface area contributed by atoms with Crippen LogP contribution in [0.5, 0.6) is 0 Å². The summed E-state index contributed by atoms with van der Waals surface area (Å²) in [7, 11) is 1.56. The summed E-state index contributed by atoms with van der Waals surface area (Å²) in [5, 5.41) is 16.7. The summed E-state index contributed by atoms with van der Waals surface area (Å²) < 4.78 is 1.75. The third-order valence-corrected chi connectivity index (χ3v) is 4.32. The summed E-state index contributed by atoms with van der Waals surface area (Å²) in [4.78, 5) is 24.5. The lowest BCUT2D eigenvalue weighted by molar-refractivity contribution is 0.0964. The number of anilines is 1. The molecular weight excluding hydrogens is 320 g/mol. The predicted octanol–water partition coefficient (Wildman–Crippen LogP) is 1.12. The van der Waals surface area contributed by atoms with Crippen molar-refractivity contribution >= 4 is 17.5 Å². The molecule has 132 valence electrons. The number of carbonyl (C=O) groups is 2. The largest absolute Gasteiger partial charge is 0.355 e. The molecule has 0 aliphatic carbocycles. The van der Waals surface area contributed by atoms with Crippen LogP contribution in [0, 0.1) is 6.92 Å². The van der Waals surface area contributed by atoms with Crippen molar-refractivity contribution in [1.29, 1.82) is 0 Å². The first-order valence-corrected chi connectivity index (χ1v) is 8.35. The van der Waals surface area contributed by atoms with E-state index in [0.29, 0.717) is 11.3 Å². The van der Waals surface area contributed by atoms with Crippen LogP contribution in [0.2, 0.25) is 0 Å². The third kappa shape index (κ3) is 3.85. The average molecular weight is 342 g/mol. The zero-order chi connectivity index (χ0) is 17.8. The molecule has 8 nitrogen and oxygen atoms in total. The van der Waals surface area contributed by atoms with Crippen LogP contribution in [0.1, 0.15) is 45.3 Å². The molecule has 1 aliphatic rings. The summed E-state index contributed by atoms with van der Waals surface area (Å²) in [5.41, 5.74) is 2.04. The van der Waals surface area contributed by atoms with Crippen LogP contribution in [0.4, 0.5) is 5.69 Å². The van der Waals surface area contributed by atoms with Crippen LogP contribution in [0.3, 0.4) is 0 Å². The van der Waals surface area contributed by atoms with Gasteiger partial charge >= 0.3 is 0 Å². The van der Waals surface area contributed by atoms with Gasteiger partial charge in [0.2, 0.25) is 0 Å². The van der Waals surface area contributed by atoms with Gasteiger partial charge in [-0.3, -0.25) is 9.59 Å². The molecule has 1 fully saturated rings. The highest BCUT2D eigenvalue weighted by Crippen LogP contribution is 2.20. The maximum Gasteiger partial charge on any atom is 0.277 e. The van der Waals surface area contributed by atoms with Gasteiger partial charge in [0, 0.05) is 7.05 Å². The van der Waals surface area contributed by atoms with E-state index in [2.05, 4.69) is 26.3 Å². The molecule has 2 amide bonds. The highest BCUT2D eigenvalue weighted by atomic mass is 16.2. The molecule has 0 atom stereocenters. The number of carbonyl (C=O) groups excluding carboxylic acids is 2. The Balaban J connectivity index is 1.76. The summed E-state index contributed by atoms with van der Waals surface area (Å²) in [6.45, 7) is 3.76. The van der Waals surface area contributed by atoms with E-state index in [1.54, 1.807) is 30.1 Å². The first kappa shape index (κ1) is 17.1. The lowest BCUT2D eigenvalue weighted by atomic mass is 10.1. The number of rotatable bonds is 4. The second-order valence-electron chi connectivity index (χ2n) is 6.15. The molecule has 0 spiro atoms. The van der Waals surface area contributed by atoms with E-state index in [1.807, 2.05) is 13.0 Å². The van der Waals surface area contributed by atoms with Gasteiger partial charge in [0.15, 0.2) is 5.69 Å². The molecule has 25 heavy (non-hydrogen) atoms. The zero-order valence-electron chi connectivity index (χ0n) is 14.4. The number of aryl methyl sites for hydroxylation is 1. The molecule has 1 aromatic heterocycles. The van der Waals surface area contributed by atoms with Gasteiger partial charge < -0.3 is 16.0 Å². The standard InChI is InChI=1S/C17H22N6O2/c1-11-3-4-14(13(9-11)16(24)18-2)20-17(25)15-10-23(22-21-15)12-5-7-19-8-6-12/h3-4,9-10,12,19H,5-8H2,1-2H3,(H,18,24)(H,20,25). The second-order valence-corrected chi connectivity index (χ2v) is 6.15. The fourth-order valence-electron chi connectivity index (χ4n) is 2.91. The van der Waals surface area contributed by atoms with Crippen molar-refractivity contribution in [3.8, 4) is 0 Å². The SMILES string of the molecule is CNC(=O)c1cc(C)ccc1NC(=O)c1cn(C2CCNCC2)nn1. The first-order valence-electron chi connectivity index (χ1n) is 8.35.